The minimum absolute atomic E-state index is 0.0241. The van der Waals surface area contributed by atoms with Crippen LogP contribution < -0.4 is 5.32 Å². The highest BCUT2D eigenvalue weighted by Crippen LogP contribution is 2.10. The van der Waals surface area contributed by atoms with Crippen LogP contribution in [-0.2, 0) is 7.05 Å². The number of aliphatic hydroxyl groups excluding tert-OH is 1. The number of rotatable bonds is 3. The monoisotopic (exact) mass is 283 g/mol. The molecular formula is C16H17N3O2. The fourth-order valence-corrected chi connectivity index (χ4v) is 1.80. The molecule has 2 rings (SSSR count). The minimum Gasteiger partial charge on any atom is -0.395 e. The number of hydrogen-bond acceptors (Lipinski definition) is 3. The van der Waals surface area contributed by atoms with Crippen LogP contribution >= 0.6 is 0 Å². The van der Waals surface area contributed by atoms with E-state index >= 15 is 0 Å². The Balaban J connectivity index is 2.13. The van der Waals surface area contributed by atoms with Crippen molar-refractivity contribution in [3.8, 4) is 11.8 Å². The zero-order chi connectivity index (χ0) is 15.2. The van der Waals surface area contributed by atoms with Crippen LogP contribution in [0.2, 0.25) is 0 Å². The Morgan fingerprint density at radius 2 is 2.19 bits per heavy atom. The van der Waals surface area contributed by atoms with Crippen LogP contribution in [0, 0.1) is 18.8 Å². The molecule has 0 spiro atoms. The van der Waals surface area contributed by atoms with Crippen molar-refractivity contribution in [3.05, 3.63) is 47.4 Å². The number of hydrogen-bond donors (Lipinski definition) is 2. The highest BCUT2D eigenvalue weighted by Gasteiger charge is 2.11. The zero-order valence-electron chi connectivity index (χ0n) is 12.1. The highest BCUT2D eigenvalue weighted by atomic mass is 16.2. The van der Waals surface area contributed by atoms with E-state index in [1.54, 1.807) is 24.3 Å². The van der Waals surface area contributed by atoms with E-state index in [1.165, 1.54) is 0 Å². The molecule has 0 saturated carbocycles. The van der Waals surface area contributed by atoms with E-state index in [4.69, 9.17) is 5.11 Å². The van der Waals surface area contributed by atoms with Gasteiger partial charge in [0.1, 0.15) is 17.2 Å². The van der Waals surface area contributed by atoms with E-state index in [0.717, 1.165) is 5.69 Å². The number of aromatic nitrogens is 2. The number of aryl methyl sites for hydroxylation is 1. The van der Waals surface area contributed by atoms with E-state index in [0.29, 0.717) is 23.6 Å². The summed E-state index contributed by atoms with van der Waals surface area (Å²) in [4.78, 5) is 16.4. The molecule has 0 radical (unpaired) electrons. The lowest BCUT2D eigenvalue weighted by molar-refractivity contribution is 0.101. The molecule has 21 heavy (non-hydrogen) atoms. The van der Waals surface area contributed by atoms with Gasteiger partial charge in [0.2, 0.25) is 0 Å². The third-order valence-electron chi connectivity index (χ3n) is 3.05. The van der Waals surface area contributed by atoms with Gasteiger partial charge in [-0.15, -0.1) is 0 Å². The summed E-state index contributed by atoms with van der Waals surface area (Å²) in [6.07, 6.45) is 0.404. The van der Waals surface area contributed by atoms with E-state index < -0.39 is 0 Å². The van der Waals surface area contributed by atoms with Crippen LogP contribution in [0.4, 0.5) is 5.82 Å². The van der Waals surface area contributed by atoms with Gasteiger partial charge in [-0.05, 0) is 37.1 Å². The van der Waals surface area contributed by atoms with Gasteiger partial charge in [-0.3, -0.25) is 4.79 Å². The molecule has 108 valence electrons. The van der Waals surface area contributed by atoms with Gasteiger partial charge >= 0.3 is 0 Å². The molecular weight excluding hydrogens is 266 g/mol. The number of carbonyl (C=O) groups excluding carboxylic acids is 1. The van der Waals surface area contributed by atoms with E-state index in [2.05, 4.69) is 22.1 Å². The third-order valence-corrected chi connectivity index (χ3v) is 3.05. The van der Waals surface area contributed by atoms with Crippen molar-refractivity contribution in [2.24, 2.45) is 7.05 Å². The number of nitrogens with one attached hydrogen (secondary N) is 1. The van der Waals surface area contributed by atoms with E-state index in [9.17, 15) is 4.79 Å². The predicted octanol–water partition coefficient (Wildman–Crippen LogP) is 1.71. The summed E-state index contributed by atoms with van der Waals surface area (Å²) in [6, 6.07) is 8.91. The van der Waals surface area contributed by atoms with Crippen LogP contribution in [0.15, 0.2) is 30.3 Å². The molecule has 0 aliphatic rings. The number of nitrogens with zero attached hydrogens (tertiary/aromatic N) is 2. The van der Waals surface area contributed by atoms with Gasteiger partial charge in [0, 0.05) is 19.2 Å². The Morgan fingerprint density at radius 1 is 1.38 bits per heavy atom. The maximum absolute atomic E-state index is 12.2. The first-order valence-electron chi connectivity index (χ1n) is 6.62. The molecule has 0 fully saturated rings. The molecule has 2 aromatic heterocycles. The smallest absolute Gasteiger partial charge is 0.273 e. The second-order valence-corrected chi connectivity index (χ2v) is 4.56. The van der Waals surface area contributed by atoms with Crippen molar-refractivity contribution in [1.29, 1.82) is 0 Å². The standard InChI is InChI=1S/C16H17N3O2/c1-12-9-10-14(19(12)2)16(21)18-15-8-5-7-13(17-15)6-3-4-11-20/h5,7-10,20H,4,11H2,1-2H3,(H,17,18,21). The average Bonchev–Trinajstić information content (AvgIpc) is 2.80. The van der Waals surface area contributed by atoms with Crippen molar-refractivity contribution in [1.82, 2.24) is 9.55 Å². The lowest BCUT2D eigenvalue weighted by atomic mass is 10.3. The van der Waals surface area contributed by atoms with Crippen LogP contribution in [0.1, 0.15) is 28.3 Å². The molecule has 0 unspecified atom stereocenters. The summed E-state index contributed by atoms with van der Waals surface area (Å²) in [5.74, 6) is 5.88. The van der Waals surface area contributed by atoms with Crippen molar-refractivity contribution >= 4 is 11.7 Å². The quantitative estimate of drug-likeness (QED) is 0.843. The largest absolute Gasteiger partial charge is 0.395 e. The second-order valence-electron chi connectivity index (χ2n) is 4.56. The highest BCUT2D eigenvalue weighted by molar-refractivity contribution is 6.02. The lowest BCUT2D eigenvalue weighted by Gasteiger charge is -2.06. The summed E-state index contributed by atoms with van der Waals surface area (Å²) in [7, 11) is 1.84. The molecule has 0 bridgehead atoms. The van der Waals surface area contributed by atoms with Gasteiger partial charge in [0.25, 0.3) is 5.91 Å². The molecule has 5 nitrogen and oxygen atoms in total. The maximum atomic E-state index is 12.2. The number of carbonyl (C=O) groups is 1. The van der Waals surface area contributed by atoms with Gasteiger partial charge in [0.15, 0.2) is 0 Å². The van der Waals surface area contributed by atoms with E-state index in [-0.39, 0.29) is 12.5 Å². The first-order valence-corrected chi connectivity index (χ1v) is 6.62. The predicted molar refractivity (Wildman–Crippen MR) is 80.9 cm³/mol. The second kappa shape index (κ2) is 6.73. The summed E-state index contributed by atoms with van der Waals surface area (Å²) in [5, 5.41) is 11.4. The molecule has 0 atom stereocenters. The topological polar surface area (TPSA) is 67.2 Å². The van der Waals surface area contributed by atoms with Gasteiger partial charge in [-0.1, -0.05) is 12.0 Å². The van der Waals surface area contributed by atoms with Gasteiger partial charge in [-0.2, -0.15) is 0 Å². The number of pyridine rings is 1. The van der Waals surface area contributed by atoms with Crippen LogP contribution in [-0.4, -0.2) is 27.2 Å². The van der Waals surface area contributed by atoms with Crippen molar-refractivity contribution in [2.45, 2.75) is 13.3 Å². The van der Waals surface area contributed by atoms with Gasteiger partial charge in [-0.25, -0.2) is 4.98 Å². The first kappa shape index (κ1) is 14.8. The summed E-state index contributed by atoms with van der Waals surface area (Å²) >= 11 is 0. The normalized spacial score (nSPS) is 9.86. The minimum atomic E-state index is -0.210. The fourth-order valence-electron chi connectivity index (χ4n) is 1.80. The molecule has 2 aromatic rings. The zero-order valence-corrected chi connectivity index (χ0v) is 12.1. The Kier molecular flexibility index (Phi) is 4.75. The van der Waals surface area contributed by atoms with Crippen molar-refractivity contribution in [2.75, 3.05) is 11.9 Å². The third kappa shape index (κ3) is 3.71. The van der Waals surface area contributed by atoms with Gasteiger partial charge in [0.05, 0.1) is 6.61 Å². The molecule has 5 heteroatoms. The van der Waals surface area contributed by atoms with Crippen molar-refractivity contribution < 1.29 is 9.90 Å². The molecule has 2 heterocycles. The Morgan fingerprint density at radius 3 is 2.86 bits per heavy atom. The maximum Gasteiger partial charge on any atom is 0.273 e. The summed E-state index contributed by atoms with van der Waals surface area (Å²) in [6.45, 7) is 1.96. The Bertz CT molecular complexity index is 708. The molecule has 0 aliphatic carbocycles. The number of amides is 1. The Labute approximate surface area is 123 Å². The number of aliphatic hydroxyl groups is 1. The summed E-state index contributed by atoms with van der Waals surface area (Å²) < 4.78 is 1.82. The van der Waals surface area contributed by atoms with E-state index in [1.807, 2.05) is 24.6 Å². The molecule has 0 aromatic carbocycles. The molecule has 0 aliphatic heterocycles. The van der Waals surface area contributed by atoms with Crippen LogP contribution in [0.25, 0.3) is 0 Å². The van der Waals surface area contributed by atoms with Crippen LogP contribution in [0.3, 0.4) is 0 Å². The Hall–Kier alpha value is -2.58. The number of anilines is 1. The summed E-state index contributed by atoms with van der Waals surface area (Å²) in [5.41, 5.74) is 2.15. The molecule has 1 amide bonds. The fraction of sp³-hybridized carbons (Fsp3) is 0.250. The molecule has 2 N–H and O–H groups in total. The SMILES string of the molecule is Cc1ccc(C(=O)Nc2cccc(C#CCCO)n2)n1C. The first-order chi connectivity index (χ1) is 10.1. The lowest BCUT2D eigenvalue weighted by Crippen LogP contribution is -2.16. The average molecular weight is 283 g/mol. The molecule has 0 saturated heterocycles. The van der Waals surface area contributed by atoms with Crippen LogP contribution in [0.5, 0.6) is 0 Å². The van der Waals surface area contributed by atoms with Gasteiger partial charge < -0.3 is 15.0 Å². The van der Waals surface area contributed by atoms with Crippen molar-refractivity contribution in [3.63, 3.8) is 0 Å².